The lowest BCUT2D eigenvalue weighted by Crippen LogP contribution is -2.52. The lowest BCUT2D eigenvalue weighted by molar-refractivity contribution is -0.127. The number of likely N-dealkylation sites (tertiary alicyclic amines) is 2. The molecule has 0 saturated carbocycles. The number of carbonyl (C=O) groups excluding carboxylic acids is 2. The van der Waals surface area contributed by atoms with E-state index < -0.39 is 0 Å². The molecule has 1 aromatic heterocycles. The third-order valence-corrected chi connectivity index (χ3v) is 5.59. The summed E-state index contributed by atoms with van der Waals surface area (Å²) in [6, 6.07) is 6.25. The first-order valence-corrected chi connectivity index (χ1v) is 10.1. The van der Waals surface area contributed by atoms with Crippen molar-refractivity contribution in [3.8, 4) is 0 Å². The molecule has 2 saturated heterocycles. The molecule has 3 rings (SSSR count). The largest absolute Gasteiger partial charge is 0.350 e. The number of piperidine rings is 2. The van der Waals surface area contributed by atoms with Gasteiger partial charge in [-0.3, -0.25) is 14.7 Å². The third-order valence-electron chi connectivity index (χ3n) is 5.59. The van der Waals surface area contributed by atoms with E-state index in [1.54, 1.807) is 6.20 Å². The molecule has 7 nitrogen and oxygen atoms in total. The fraction of sp³-hybridized carbons (Fsp3) is 0.650. The summed E-state index contributed by atoms with van der Waals surface area (Å²) < 4.78 is 0. The van der Waals surface area contributed by atoms with Gasteiger partial charge in [0.05, 0.1) is 18.2 Å². The Morgan fingerprint density at radius 1 is 1.15 bits per heavy atom. The van der Waals surface area contributed by atoms with Crippen molar-refractivity contribution in [2.24, 2.45) is 5.92 Å². The molecule has 148 valence electrons. The quantitative estimate of drug-likeness (QED) is 0.822. The van der Waals surface area contributed by atoms with Gasteiger partial charge in [0, 0.05) is 38.4 Å². The van der Waals surface area contributed by atoms with Gasteiger partial charge in [-0.05, 0) is 51.3 Å². The van der Waals surface area contributed by atoms with Crippen LogP contribution in [0.25, 0.3) is 0 Å². The van der Waals surface area contributed by atoms with Crippen LogP contribution in [0.3, 0.4) is 0 Å². The first-order chi connectivity index (χ1) is 13.2. The average Bonchev–Trinajstić information content (AvgIpc) is 2.73. The van der Waals surface area contributed by atoms with Crippen molar-refractivity contribution >= 4 is 11.9 Å². The molecular formula is C20H31N5O2. The third kappa shape index (κ3) is 5.42. The van der Waals surface area contributed by atoms with E-state index in [9.17, 15) is 9.59 Å². The molecule has 3 amide bonds. The molecule has 7 heteroatoms. The minimum absolute atomic E-state index is 0.0429. The highest BCUT2D eigenvalue weighted by atomic mass is 16.2. The van der Waals surface area contributed by atoms with Gasteiger partial charge in [-0.2, -0.15) is 0 Å². The van der Waals surface area contributed by atoms with Crippen molar-refractivity contribution in [1.29, 1.82) is 0 Å². The summed E-state index contributed by atoms with van der Waals surface area (Å²) in [4.78, 5) is 33.2. The summed E-state index contributed by atoms with van der Waals surface area (Å²) >= 11 is 0. The minimum Gasteiger partial charge on any atom is -0.350 e. The second-order valence-corrected chi connectivity index (χ2v) is 7.43. The van der Waals surface area contributed by atoms with Crippen LogP contribution in [0.1, 0.15) is 38.3 Å². The van der Waals surface area contributed by atoms with Crippen LogP contribution in [0.15, 0.2) is 24.4 Å². The Morgan fingerprint density at radius 3 is 2.67 bits per heavy atom. The van der Waals surface area contributed by atoms with Gasteiger partial charge in [0.2, 0.25) is 5.91 Å². The number of hydrogen-bond donors (Lipinski definition) is 2. The molecule has 0 aliphatic carbocycles. The highest BCUT2D eigenvalue weighted by Gasteiger charge is 2.32. The van der Waals surface area contributed by atoms with Gasteiger partial charge < -0.3 is 15.5 Å². The number of rotatable bonds is 5. The number of aromatic nitrogens is 1. The van der Waals surface area contributed by atoms with E-state index in [1.807, 2.05) is 30.0 Å². The van der Waals surface area contributed by atoms with Gasteiger partial charge in [0.25, 0.3) is 0 Å². The monoisotopic (exact) mass is 373 g/mol. The molecule has 1 atom stereocenters. The van der Waals surface area contributed by atoms with Crippen molar-refractivity contribution in [3.05, 3.63) is 30.1 Å². The van der Waals surface area contributed by atoms with Crippen LogP contribution in [0.5, 0.6) is 0 Å². The first-order valence-electron chi connectivity index (χ1n) is 10.1. The van der Waals surface area contributed by atoms with Crippen LogP contribution in [-0.4, -0.2) is 65.5 Å². The Labute approximate surface area is 161 Å². The van der Waals surface area contributed by atoms with Crippen molar-refractivity contribution in [3.63, 3.8) is 0 Å². The van der Waals surface area contributed by atoms with Crippen LogP contribution >= 0.6 is 0 Å². The normalized spacial score (nSPS) is 21.7. The van der Waals surface area contributed by atoms with Crippen LogP contribution in [-0.2, 0) is 11.3 Å². The van der Waals surface area contributed by atoms with E-state index in [2.05, 4.69) is 20.5 Å². The highest BCUT2D eigenvalue weighted by Crippen LogP contribution is 2.24. The molecule has 0 spiro atoms. The summed E-state index contributed by atoms with van der Waals surface area (Å²) in [6.07, 6.45) is 5.72. The molecule has 3 heterocycles. The predicted molar refractivity (Wildman–Crippen MR) is 104 cm³/mol. The zero-order valence-corrected chi connectivity index (χ0v) is 16.2. The highest BCUT2D eigenvalue weighted by molar-refractivity contribution is 5.79. The molecule has 0 radical (unpaired) electrons. The average molecular weight is 374 g/mol. The first kappa shape index (κ1) is 19.6. The molecule has 27 heavy (non-hydrogen) atoms. The van der Waals surface area contributed by atoms with Crippen molar-refractivity contribution < 1.29 is 9.59 Å². The number of amides is 3. The Bertz CT molecular complexity index is 616. The molecule has 0 aromatic carbocycles. The Hall–Kier alpha value is -2.15. The van der Waals surface area contributed by atoms with E-state index in [0.29, 0.717) is 19.1 Å². The van der Waals surface area contributed by atoms with Gasteiger partial charge in [-0.25, -0.2) is 4.79 Å². The second kappa shape index (κ2) is 9.69. The molecule has 2 aliphatic heterocycles. The fourth-order valence-electron chi connectivity index (χ4n) is 4.07. The lowest BCUT2D eigenvalue weighted by atomic mass is 9.93. The molecule has 0 bridgehead atoms. The minimum atomic E-state index is 0.0429. The molecule has 2 N–H and O–H groups in total. The summed E-state index contributed by atoms with van der Waals surface area (Å²) in [5.74, 6) is 0.175. The van der Waals surface area contributed by atoms with E-state index >= 15 is 0 Å². The molecule has 1 aromatic rings. The van der Waals surface area contributed by atoms with E-state index in [4.69, 9.17) is 0 Å². The Balaban J connectivity index is 1.45. The molecular weight excluding hydrogens is 342 g/mol. The lowest BCUT2D eigenvalue weighted by Gasteiger charge is -2.42. The maximum absolute atomic E-state index is 12.6. The maximum atomic E-state index is 12.6. The standard InChI is InChI=1S/C20H31N5O2/c1-2-21-20(27)24-12-8-18(9-13-24)25-11-5-6-16(15-25)19(26)23-14-17-7-3-4-10-22-17/h3-4,7,10,16,18H,2,5-6,8-9,11-15H2,1H3,(H,21,27)(H,23,26)/t16-/m0/s1. The van der Waals surface area contributed by atoms with Crippen LogP contribution < -0.4 is 10.6 Å². The summed E-state index contributed by atoms with van der Waals surface area (Å²) in [6.45, 7) is 6.56. The van der Waals surface area contributed by atoms with Gasteiger partial charge in [-0.1, -0.05) is 6.07 Å². The molecule has 0 unspecified atom stereocenters. The van der Waals surface area contributed by atoms with E-state index in [-0.39, 0.29) is 17.9 Å². The molecule has 2 aliphatic rings. The summed E-state index contributed by atoms with van der Waals surface area (Å²) in [5.41, 5.74) is 0.885. The van der Waals surface area contributed by atoms with Gasteiger partial charge in [-0.15, -0.1) is 0 Å². The van der Waals surface area contributed by atoms with Gasteiger partial charge in [0.1, 0.15) is 0 Å². The Kier molecular flexibility index (Phi) is 7.04. The predicted octanol–water partition coefficient (Wildman–Crippen LogP) is 1.60. The van der Waals surface area contributed by atoms with Crippen molar-refractivity contribution in [1.82, 2.24) is 25.4 Å². The second-order valence-electron chi connectivity index (χ2n) is 7.43. The van der Waals surface area contributed by atoms with Crippen LogP contribution in [0, 0.1) is 5.92 Å². The summed E-state index contributed by atoms with van der Waals surface area (Å²) in [7, 11) is 0. The zero-order chi connectivity index (χ0) is 19.1. The van der Waals surface area contributed by atoms with Gasteiger partial charge in [0.15, 0.2) is 0 Å². The SMILES string of the molecule is CCNC(=O)N1CCC(N2CCC[C@H](C(=O)NCc3ccccn3)C2)CC1. The zero-order valence-electron chi connectivity index (χ0n) is 16.2. The number of nitrogens with one attached hydrogen (secondary N) is 2. The van der Waals surface area contributed by atoms with Crippen LogP contribution in [0.4, 0.5) is 4.79 Å². The summed E-state index contributed by atoms with van der Waals surface area (Å²) in [5, 5.41) is 5.91. The molecule has 2 fully saturated rings. The van der Waals surface area contributed by atoms with Crippen molar-refractivity contribution in [2.45, 2.75) is 45.2 Å². The van der Waals surface area contributed by atoms with E-state index in [0.717, 1.165) is 57.6 Å². The number of hydrogen-bond acceptors (Lipinski definition) is 4. The number of urea groups is 1. The topological polar surface area (TPSA) is 77.6 Å². The smallest absolute Gasteiger partial charge is 0.317 e. The van der Waals surface area contributed by atoms with Crippen molar-refractivity contribution in [2.75, 3.05) is 32.7 Å². The number of pyridine rings is 1. The van der Waals surface area contributed by atoms with E-state index in [1.165, 1.54) is 0 Å². The number of carbonyl (C=O) groups is 2. The maximum Gasteiger partial charge on any atom is 0.317 e. The van der Waals surface area contributed by atoms with Crippen LogP contribution in [0.2, 0.25) is 0 Å². The fourth-order valence-corrected chi connectivity index (χ4v) is 4.07. The number of nitrogens with zero attached hydrogens (tertiary/aromatic N) is 3. The Morgan fingerprint density at radius 2 is 1.96 bits per heavy atom. The van der Waals surface area contributed by atoms with Gasteiger partial charge >= 0.3 is 6.03 Å².